The number of amides is 1. The molecule has 0 saturated carbocycles. The Kier molecular flexibility index (Phi) is 4.98. The van der Waals surface area contributed by atoms with Crippen LogP contribution in [-0.2, 0) is 6.42 Å². The molecule has 1 aromatic carbocycles. The van der Waals surface area contributed by atoms with Gasteiger partial charge in [-0.25, -0.2) is 9.37 Å². The Morgan fingerprint density at radius 3 is 2.74 bits per heavy atom. The maximum Gasteiger partial charge on any atom is 0.257 e. The first-order valence-corrected chi connectivity index (χ1v) is 7.94. The number of benzene rings is 1. The molecule has 1 amide bonds. The van der Waals surface area contributed by atoms with E-state index in [1.165, 1.54) is 12.1 Å². The Morgan fingerprint density at radius 1 is 1.22 bits per heavy atom. The van der Waals surface area contributed by atoms with Gasteiger partial charge in [-0.3, -0.25) is 4.79 Å². The van der Waals surface area contributed by atoms with Crippen molar-refractivity contribution in [1.82, 2.24) is 10.3 Å². The van der Waals surface area contributed by atoms with E-state index >= 15 is 0 Å². The summed E-state index contributed by atoms with van der Waals surface area (Å²) in [7, 11) is 0. The van der Waals surface area contributed by atoms with Gasteiger partial charge in [0, 0.05) is 5.56 Å². The van der Waals surface area contributed by atoms with E-state index in [9.17, 15) is 9.18 Å². The molecule has 23 heavy (non-hydrogen) atoms. The highest BCUT2D eigenvalue weighted by atomic mass is 19.1. The van der Waals surface area contributed by atoms with Gasteiger partial charge in [0.1, 0.15) is 11.6 Å². The number of nitrogens with zero attached hydrogens (tertiary/aromatic N) is 1. The van der Waals surface area contributed by atoms with E-state index < -0.39 is 5.82 Å². The quantitative estimate of drug-likeness (QED) is 0.912. The van der Waals surface area contributed by atoms with Crippen LogP contribution in [0.5, 0.6) is 0 Å². The predicted molar refractivity (Wildman–Crippen MR) is 87.9 cm³/mol. The van der Waals surface area contributed by atoms with Gasteiger partial charge < -0.3 is 10.6 Å². The van der Waals surface area contributed by atoms with Crippen LogP contribution in [0.3, 0.4) is 0 Å². The third kappa shape index (κ3) is 4.13. The maximum absolute atomic E-state index is 12.9. The minimum Gasteiger partial charge on any atom is -0.317 e. The summed E-state index contributed by atoms with van der Waals surface area (Å²) in [6.07, 6.45) is 4.27. The SMILES string of the molecule is O=C(Nc1ccc(F)cn1)c1ccccc1CC1CCNCC1. The topological polar surface area (TPSA) is 54.0 Å². The molecule has 0 radical (unpaired) electrons. The Morgan fingerprint density at radius 2 is 2.00 bits per heavy atom. The highest BCUT2D eigenvalue weighted by Gasteiger charge is 2.18. The zero-order valence-corrected chi connectivity index (χ0v) is 12.9. The number of pyridine rings is 1. The smallest absolute Gasteiger partial charge is 0.257 e. The van der Waals surface area contributed by atoms with Crippen LogP contribution in [0.15, 0.2) is 42.6 Å². The largest absolute Gasteiger partial charge is 0.317 e. The molecule has 1 saturated heterocycles. The van der Waals surface area contributed by atoms with Crippen molar-refractivity contribution in [3.05, 3.63) is 59.5 Å². The molecule has 4 nitrogen and oxygen atoms in total. The van der Waals surface area contributed by atoms with E-state index in [1.54, 1.807) is 0 Å². The molecule has 2 aromatic rings. The van der Waals surface area contributed by atoms with Gasteiger partial charge in [0.15, 0.2) is 0 Å². The molecule has 2 heterocycles. The number of halogens is 1. The molecule has 1 aliphatic rings. The van der Waals surface area contributed by atoms with Crippen LogP contribution in [0.2, 0.25) is 0 Å². The fourth-order valence-electron chi connectivity index (χ4n) is 2.95. The fourth-order valence-corrected chi connectivity index (χ4v) is 2.95. The molecule has 120 valence electrons. The summed E-state index contributed by atoms with van der Waals surface area (Å²) >= 11 is 0. The summed E-state index contributed by atoms with van der Waals surface area (Å²) in [5, 5.41) is 6.09. The lowest BCUT2D eigenvalue weighted by Gasteiger charge is -2.23. The minimum absolute atomic E-state index is 0.200. The Hall–Kier alpha value is -2.27. The van der Waals surface area contributed by atoms with Gasteiger partial charge in [-0.1, -0.05) is 18.2 Å². The van der Waals surface area contributed by atoms with E-state index in [4.69, 9.17) is 0 Å². The first kappa shape index (κ1) is 15.6. The van der Waals surface area contributed by atoms with Gasteiger partial charge in [0.05, 0.1) is 6.20 Å². The molecule has 2 N–H and O–H groups in total. The van der Waals surface area contributed by atoms with Gasteiger partial charge in [0.25, 0.3) is 5.91 Å². The zero-order valence-electron chi connectivity index (χ0n) is 12.9. The predicted octanol–water partition coefficient (Wildman–Crippen LogP) is 3.02. The van der Waals surface area contributed by atoms with E-state index in [-0.39, 0.29) is 5.91 Å². The van der Waals surface area contributed by atoms with Crippen LogP contribution in [0.1, 0.15) is 28.8 Å². The Bertz CT molecular complexity index is 666. The third-order valence-electron chi connectivity index (χ3n) is 4.20. The van der Waals surface area contributed by atoms with Crippen molar-refractivity contribution in [1.29, 1.82) is 0 Å². The minimum atomic E-state index is -0.422. The van der Waals surface area contributed by atoms with E-state index in [2.05, 4.69) is 15.6 Å². The van der Waals surface area contributed by atoms with Gasteiger partial charge in [0.2, 0.25) is 0 Å². The number of piperidine rings is 1. The molecule has 1 aromatic heterocycles. The lowest BCUT2D eigenvalue weighted by molar-refractivity contribution is 0.102. The number of hydrogen-bond acceptors (Lipinski definition) is 3. The molecular weight excluding hydrogens is 293 g/mol. The number of aromatic nitrogens is 1. The molecule has 0 bridgehead atoms. The van der Waals surface area contributed by atoms with Crippen molar-refractivity contribution in [3.8, 4) is 0 Å². The lowest BCUT2D eigenvalue weighted by atomic mass is 9.89. The van der Waals surface area contributed by atoms with Crippen LogP contribution in [0.25, 0.3) is 0 Å². The first-order valence-electron chi connectivity index (χ1n) is 7.94. The van der Waals surface area contributed by atoms with Gasteiger partial charge in [-0.15, -0.1) is 0 Å². The molecule has 1 fully saturated rings. The van der Waals surface area contributed by atoms with Crippen molar-refractivity contribution in [2.75, 3.05) is 18.4 Å². The standard InChI is InChI=1S/C18H20FN3O/c19-15-5-6-17(21-12-15)22-18(23)16-4-2-1-3-14(16)11-13-7-9-20-10-8-13/h1-6,12-13,20H,7-11H2,(H,21,22,23). The summed E-state index contributed by atoms with van der Waals surface area (Å²) < 4.78 is 12.9. The summed E-state index contributed by atoms with van der Waals surface area (Å²) in [4.78, 5) is 16.4. The summed E-state index contributed by atoms with van der Waals surface area (Å²) in [6, 6.07) is 10.4. The van der Waals surface area contributed by atoms with E-state index in [0.717, 1.165) is 44.1 Å². The number of hydrogen-bond donors (Lipinski definition) is 2. The van der Waals surface area contributed by atoms with Crippen molar-refractivity contribution >= 4 is 11.7 Å². The van der Waals surface area contributed by atoms with E-state index in [0.29, 0.717) is 17.3 Å². The zero-order chi connectivity index (χ0) is 16.1. The van der Waals surface area contributed by atoms with Crippen molar-refractivity contribution in [2.45, 2.75) is 19.3 Å². The normalized spacial score (nSPS) is 15.3. The molecule has 5 heteroatoms. The number of anilines is 1. The van der Waals surface area contributed by atoms with Crippen molar-refractivity contribution in [2.24, 2.45) is 5.92 Å². The highest BCUT2D eigenvalue weighted by molar-refractivity contribution is 6.04. The molecule has 3 rings (SSSR count). The Labute approximate surface area is 135 Å². The van der Waals surface area contributed by atoms with Crippen LogP contribution < -0.4 is 10.6 Å². The fraction of sp³-hybridized carbons (Fsp3) is 0.333. The molecule has 0 spiro atoms. The van der Waals surface area contributed by atoms with Crippen molar-refractivity contribution < 1.29 is 9.18 Å². The van der Waals surface area contributed by atoms with Gasteiger partial charge >= 0.3 is 0 Å². The summed E-state index contributed by atoms with van der Waals surface area (Å²) in [5.74, 6) is 0.338. The summed E-state index contributed by atoms with van der Waals surface area (Å²) in [6.45, 7) is 2.08. The second-order valence-electron chi connectivity index (χ2n) is 5.87. The average molecular weight is 313 g/mol. The van der Waals surface area contributed by atoms with Crippen LogP contribution in [0.4, 0.5) is 10.2 Å². The number of nitrogens with one attached hydrogen (secondary N) is 2. The van der Waals surface area contributed by atoms with Crippen LogP contribution in [-0.4, -0.2) is 24.0 Å². The molecule has 0 unspecified atom stereocenters. The van der Waals surface area contributed by atoms with Crippen molar-refractivity contribution in [3.63, 3.8) is 0 Å². The van der Waals surface area contributed by atoms with Crippen LogP contribution in [0, 0.1) is 11.7 Å². The second-order valence-corrected chi connectivity index (χ2v) is 5.87. The molecular formula is C18H20FN3O. The van der Waals surface area contributed by atoms with Gasteiger partial charge in [-0.2, -0.15) is 0 Å². The first-order chi connectivity index (χ1) is 11.2. The second kappa shape index (κ2) is 7.33. The third-order valence-corrected chi connectivity index (χ3v) is 4.20. The highest BCUT2D eigenvalue weighted by Crippen LogP contribution is 2.21. The van der Waals surface area contributed by atoms with Crippen LogP contribution >= 0.6 is 0 Å². The van der Waals surface area contributed by atoms with Gasteiger partial charge in [-0.05, 0) is 62.0 Å². The molecule has 0 aliphatic carbocycles. The monoisotopic (exact) mass is 313 g/mol. The number of carbonyl (C=O) groups excluding carboxylic acids is 1. The Balaban J connectivity index is 1.73. The molecule has 0 atom stereocenters. The number of rotatable bonds is 4. The average Bonchev–Trinajstić information content (AvgIpc) is 2.58. The maximum atomic E-state index is 12.9. The lowest BCUT2D eigenvalue weighted by Crippen LogP contribution is -2.29. The number of carbonyl (C=O) groups is 1. The molecule has 1 aliphatic heterocycles. The van der Waals surface area contributed by atoms with E-state index in [1.807, 2.05) is 24.3 Å². The summed E-state index contributed by atoms with van der Waals surface area (Å²) in [5.41, 5.74) is 1.72.